The van der Waals surface area contributed by atoms with E-state index in [-0.39, 0.29) is 24.0 Å². The maximum absolute atomic E-state index is 11.3. The van der Waals surface area contributed by atoms with Crippen LogP contribution in [0.1, 0.15) is 40.5 Å². The smallest absolute Gasteiger partial charge is 0.209 e. The summed E-state index contributed by atoms with van der Waals surface area (Å²) in [6, 6.07) is 0. The summed E-state index contributed by atoms with van der Waals surface area (Å²) in [5, 5.41) is 6.39. The normalized spacial score (nSPS) is 12.7. The average molecular weight is 464 g/mol. The predicted octanol–water partition coefficient (Wildman–Crippen LogP) is 1.30. The standard InChI is InChI=1S/C14H32N4O3S.HI/c1-6-15-13(16-10-8-9-11-21-7-2)17-12-14(3,4)18-22(5,19)20;/h18H,6-12H2,1-5H3,(H2,15,16,17);1H. The van der Waals surface area contributed by atoms with Crippen molar-refractivity contribution in [3.8, 4) is 0 Å². The van der Waals surface area contributed by atoms with Crippen LogP contribution in [-0.4, -0.2) is 59.0 Å². The van der Waals surface area contributed by atoms with E-state index in [4.69, 9.17) is 4.74 Å². The molecule has 0 fully saturated rings. The van der Waals surface area contributed by atoms with Crippen LogP contribution >= 0.6 is 24.0 Å². The van der Waals surface area contributed by atoms with Crippen molar-refractivity contribution >= 4 is 40.0 Å². The second-order valence-electron chi connectivity index (χ2n) is 5.78. The van der Waals surface area contributed by atoms with Gasteiger partial charge in [-0.2, -0.15) is 0 Å². The first-order valence-electron chi connectivity index (χ1n) is 7.79. The summed E-state index contributed by atoms with van der Waals surface area (Å²) in [5.74, 6) is 0.697. The van der Waals surface area contributed by atoms with Crippen LogP contribution in [0, 0.1) is 0 Å². The number of guanidine groups is 1. The van der Waals surface area contributed by atoms with Gasteiger partial charge in [-0.1, -0.05) is 0 Å². The second kappa shape index (κ2) is 13.2. The van der Waals surface area contributed by atoms with Crippen molar-refractivity contribution in [1.82, 2.24) is 15.4 Å². The number of hydrogen-bond acceptors (Lipinski definition) is 4. The Morgan fingerprint density at radius 1 is 1.17 bits per heavy atom. The Morgan fingerprint density at radius 2 is 1.83 bits per heavy atom. The van der Waals surface area contributed by atoms with Crippen LogP contribution in [-0.2, 0) is 14.8 Å². The van der Waals surface area contributed by atoms with Gasteiger partial charge in [0.25, 0.3) is 0 Å². The molecule has 9 heteroatoms. The van der Waals surface area contributed by atoms with Gasteiger partial charge < -0.3 is 15.4 Å². The molecule has 0 aliphatic rings. The number of unbranched alkanes of at least 4 members (excludes halogenated alkanes) is 1. The minimum atomic E-state index is -3.25. The van der Waals surface area contributed by atoms with Crippen molar-refractivity contribution in [1.29, 1.82) is 0 Å². The second-order valence-corrected chi connectivity index (χ2v) is 7.53. The van der Waals surface area contributed by atoms with Crippen molar-refractivity contribution in [2.75, 3.05) is 39.1 Å². The SMILES string of the molecule is CCNC(=NCC(C)(C)NS(C)(=O)=O)NCCCCOCC.I. The van der Waals surface area contributed by atoms with Gasteiger partial charge >= 0.3 is 0 Å². The van der Waals surface area contributed by atoms with Gasteiger partial charge in [-0.05, 0) is 40.5 Å². The number of sulfonamides is 1. The number of nitrogens with one attached hydrogen (secondary N) is 3. The first-order chi connectivity index (χ1) is 10.2. The lowest BCUT2D eigenvalue weighted by Gasteiger charge is -2.23. The van der Waals surface area contributed by atoms with Crippen LogP contribution in [0.15, 0.2) is 4.99 Å². The van der Waals surface area contributed by atoms with Crippen LogP contribution in [0.5, 0.6) is 0 Å². The maximum atomic E-state index is 11.3. The van der Waals surface area contributed by atoms with Gasteiger partial charge in [-0.25, -0.2) is 13.1 Å². The third-order valence-corrected chi connectivity index (χ3v) is 3.57. The Bertz CT molecular complexity index is 428. The molecule has 0 aliphatic carbocycles. The Balaban J connectivity index is 0. The molecule has 140 valence electrons. The summed E-state index contributed by atoms with van der Waals surface area (Å²) in [5.41, 5.74) is -0.620. The van der Waals surface area contributed by atoms with Gasteiger partial charge in [0.15, 0.2) is 5.96 Å². The van der Waals surface area contributed by atoms with E-state index >= 15 is 0 Å². The third-order valence-electron chi connectivity index (χ3n) is 2.65. The van der Waals surface area contributed by atoms with Crippen molar-refractivity contribution in [2.24, 2.45) is 4.99 Å². The Kier molecular flexibility index (Phi) is 14.4. The highest BCUT2D eigenvalue weighted by Gasteiger charge is 2.21. The zero-order chi connectivity index (χ0) is 17.1. The summed E-state index contributed by atoms with van der Waals surface area (Å²) in [6.45, 7) is 11.0. The molecule has 0 aromatic carbocycles. The van der Waals surface area contributed by atoms with E-state index in [1.54, 1.807) is 0 Å². The molecule has 23 heavy (non-hydrogen) atoms. The fourth-order valence-electron chi connectivity index (χ4n) is 1.83. The van der Waals surface area contributed by atoms with Crippen LogP contribution < -0.4 is 15.4 Å². The van der Waals surface area contributed by atoms with Crippen molar-refractivity contribution in [3.05, 3.63) is 0 Å². The third kappa shape index (κ3) is 16.5. The molecule has 0 aromatic heterocycles. The van der Waals surface area contributed by atoms with E-state index in [1.165, 1.54) is 0 Å². The number of nitrogens with zero attached hydrogens (tertiary/aromatic N) is 1. The number of hydrogen-bond donors (Lipinski definition) is 3. The molecule has 3 N–H and O–H groups in total. The van der Waals surface area contributed by atoms with E-state index in [0.29, 0.717) is 12.5 Å². The largest absolute Gasteiger partial charge is 0.382 e. The molecule has 0 spiro atoms. The molecule has 0 heterocycles. The van der Waals surface area contributed by atoms with Gasteiger partial charge in [0.1, 0.15) is 0 Å². The lowest BCUT2D eigenvalue weighted by atomic mass is 10.1. The lowest BCUT2D eigenvalue weighted by Crippen LogP contribution is -2.46. The molecule has 0 saturated carbocycles. The van der Waals surface area contributed by atoms with E-state index in [2.05, 4.69) is 20.3 Å². The quantitative estimate of drug-likeness (QED) is 0.186. The molecule has 0 radical (unpaired) electrons. The van der Waals surface area contributed by atoms with Crippen LogP contribution in [0.3, 0.4) is 0 Å². The van der Waals surface area contributed by atoms with Gasteiger partial charge in [0.05, 0.1) is 12.8 Å². The highest BCUT2D eigenvalue weighted by atomic mass is 127. The molecule has 0 bridgehead atoms. The van der Waals surface area contributed by atoms with E-state index < -0.39 is 15.6 Å². The summed E-state index contributed by atoms with van der Waals surface area (Å²) < 4.78 is 30.5. The Hall–Kier alpha value is -0.130. The first kappa shape index (κ1) is 25.1. The maximum Gasteiger partial charge on any atom is 0.209 e. The van der Waals surface area contributed by atoms with Gasteiger partial charge in [0.2, 0.25) is 10.0 Å². The molecule has 0 aliphatic heterocycles. The van der Waals surface area contributed by atoms with Crippen molar-refractivity contribution < 1.29 is 13.2 Å². The molecule has 0 amide bonds. The minimum absolute atomic E-state index is 0. The highest BCUT2D eigenvalue weighted by molar-refractivity contribution is 14.0. The average Bonchev–Trinajstić information content (AvgIpc) is 2.37. The lowest BCUT2D eigenvalue weighted by molar-refractivity contribution is 0.143. The van der Waals surface area contributed by atoms with Crippen LogP contribution in [0.4, 0.5) is 0 Å². The number of aliphatic imine (C=N–C) groups is 1. The summed E-state index contributed by atoms with van der Waals surface area (Å²) in [4.78, 5) is 4.44. The fraction of sp³-hybridized carbons (Fsp3) is 0.929. The van der Waals surface area contributed by atoms with E-state index in [1.807, 2.05) is 27.7 Å². The zero-order valence-corrected chi connectivity index (χ0v) is 18.1. The topological polar surface area (TPSA) is 91.8 Å². The highest BCUT2D eigenvalue weighted by Crippen LogP contribution is 2.04. The van der Waals surface area contributed by atoms with Gasteiger partial charge in [0, 0.05) is 31.8 Å². The van der Waals surface area contributed by atoms with E-state index in [0.717, 1.165) is 45.4 Å². The number of ether oxygens (including phenoxy) is 1. The Labute approximate surface area is 158 Å². The van der Waals surface area contributed by atoms with Gasteiger partial charge in [-0.15, -0.1) is 24.0 Å². The van der Waals surface area contributed by atoms with E-state index in [9.17, 15) is 8.42 Å². The molecule has 0 saturated heterocycles. The van der Waals surface area contributed by atoms with Gasteiger partial charge in [-0.3, -0.25) is 4.99 Å². The molecule has 0 aromatic rings. The van der Waals surface area contributed by atoms with Crippen molar-refractivity contribution in [2.45, 2.75) is 46.1 Å². The Morgan fingerprint density at radius 3 is 2.35 bits per heavy atom. The summed E-state index contributed by atoms with van der Waals surface area (Å²) in [7, 11) is -3.25. The molecular weight excluding hydrogens is 431 g/mol. The monoisotopic (exact) mass is 464 g/mol. The van der Waals surface area contributed by atoms with Crippen LogP contribution in [0.2, 0.25) is 0 Å². The molecular formula is C14H33IN4O3S. The first-order valence-corrected chi connectivity index (χ1v) is 9.68. The molecule has 0 rings (SSSR count). The number of rotatable bonds is 11. The molecule has 0 atom stereocenters. The number of halogens is 1. The zero-order valence-electron chi connectivity index (χ0n) is 14.9. The summed E-state index contributed by atoms with van der Waals surface area (Å²) >= 11 is 0. The van der Waals surface area contributed by atoms with Crippen molar-refractivity contribution in [3.63, 3.8) is 0 Å². The van der Waals surface area contributed by atoms with Crippen LogP contribution in [0.25, 0.3) is 0 Å². The summed E-state index contributed by atoms with van der Waals surface area (Å²) in [6.07, 6.45) is 3.15. The predicted molar refractivity (Wildman–Crippen MR) is 107 cm³/mol. The molecule has 7 nitrogen and oxygen atoms in total. The fourth-order valence-corrected chi connectivity index (χ4v) is 2.90. The minimum Gasteiger partial charge on any atom is -0.382 e. The molecule has 0 unspecified atom stereocenters.